The largest absolute Gasteiger partial charge is 0.314 e. The maximum absolute atomic E-state index is 3.58. The monoisotopic (exact) mass is 153 g/mol. The van der Waals surface area contributed by atoms with Crippen LogP contribution in [0.15, 0.2) is 0 Å². The number of hydrogen-bond donors (Lipinski definition) is 1. The second-order valence-corrected chi connectivity index (χ2v) is 4.35. The van der Waals surface area contributed by atoms with Crippen LogP contribution in [0.1, 0.15) is 39.0 Å². The minimum absolute atomic E-state index is 0.786. The van der Waals surface area contributed by atoms with Crippen molar-refractivity contribution in [1.29, 1.82) is 0 Å². The van der Waals surface area contributed by atoms with Crippen molar-refractivity contribution in [1.82, 2.24) is 5.32 Å². The van der Waals surface area contributed by atoms with Crippen molar-refractivity contribution < 1.29 is 0 Å². The molecule has 0 aromatic carbocycles. The molecule has 0 bridgehead atoms. The molecule has 1 heterocycles. The van der Waals surface area contributed by atoms with Gasteiger partial charge < -0.3 is 5.32 Å². The van der Waals surface area contributed by atoms with Crippen molar-refractivity contribution in [2.24, 2.45) is 11.8 Å². The molecule has 1 aliphatic heterocycles. The maximum Gasteiger partial charge on any atom is 0.00415 e. The van der Waals surface area contributed by atoms with E-state index in [1.165, 1.54) is 38.6 Å². The summed E-state index contributed by atoms with van der Waals surface area (Å²) in [5, 5.41) is 3.58. The molecular formula is C10H19N. The summed E-state index contributed by atoms with van der Waals surface area (Å²) in [5.41, 5.74) is 0. The first-order chi connectivity index (χ1) is 5.36. The fourth-order valence-electron chi connectivity index (χ4n) is 2.75. The number of hydrogen-bond acceptors (Lipinski definition) is 1. The molecule has 0 aromatic heterocycles. The van der Waals surface area contributed by atoms with Gasteiger partial charge in [0.25, 0.3) is 0 Å². The van der Waals surface area contributed by atoms with E-state index in [0.717, 1.165) is 17.9 Å². The molecule has 1 saturated carbocycles. The molecule has 11 heavy (non-hydrogen) atoms. The summed E-state index contributed by atoms with van der Waals surface area (Å²) in [7, 11) is 0. The number of piperidine rings is 1. The average molecular weight is 153 g/mol. The van der Waals surface area contributed by atoms with Crippen molar-refractivity contribution in [3.63, 3.8) is 0 Å². The van der Waals surface area contributed by atoms with Crippen LogP contribution in [-0.2, 0) is 0 Å². The van der Waals surface area contributed by atoms with Gasteiger partial charge in [-0.3, -0.25) is 0 Å². The Morgan fingerprint density at radius 1 is 1.09 bits per heavy atom. The Labute approximate surface area is 69.6 Å². The van der Waals surface area contributed by atoms with Crippen molar-refractivity contribution in [2.75, 3.05) is 6.54 Å². The molecule has 0 radical (unpaired) electrons. The lowest BCUT2D eigenvalue weighted by Crippen LogP contribution is -2.43. The first kappa shape index (κ1) is 7.60. The molecule has 1 heteroatoms. The average Bonchev–Trinajstić information content (AvgIpc) is 2.04. The van der Waals surface area contributed by atoms with Gasteiger partial charge in [0.1, 0.15) is 0 Å². The van der Waals surface area contributed by atoms with Gasteiger partial charge in [-0.2, -0.15) is 0 Å². The van der Waals surface area contributed by atoms with Crippen molar-refractivity contribution in [2.45, 2.75) is 45.1 Å². The van der Waals surface area contributed by atoms with Crippen LogP contribution in [0.4, 0.5) is 0 Å². The van der Waals surface area contributed by atoms with Gasteiger partial charge in [-0.15, -0.1) is 0 Å². The minimum Gasteiger partial charge on any atom is -0.314 e. The molecule has 2 rings (SSSR count). The van der Waals surface area contributed by atoms with E-state index in [4.69, 9.17) is 0 Å². The van der Waals surface area contributed by atoms with Crippen LogP contribution in [0.2, 0.25) is 0 Å². The summed E-state index contributed by atoms with van der Waals surface area (Å²) in [6.45, 7) is 3.62. The fourth-order valence-corrected chi connectivity index (χ4v) is 2.75. The van der Waals surface area contributed by atoms with E-state index in [2.05, 4.69) is 12.2 Å². The van der Waals surface area contributed by atoms with Gasteiger partial charge in [0, 0.05) is 6.04 Å². The summed E-state index contributed by atoms with van der Waals surface area (Å²) in [6.07, 6.45) is 7.41. The second kappa shape index (κ2) is 3.14. The molecule has 2 fully saturated rings. The quantitative estimate of drug-likeness (QED) is 0.562. The smallest absolute Gasteiger partial charge is 0.00415 e. The normalized spacial score (nSPS) is 45.0. The van der Waals surface area contributed by atoms with Crippen LogP contribution in [0, 0.1) is 11.8 Å². The molecule has 2 aliphatic rings. The molecule has 1 aliphatic carbocycles. The zero-order chi connectivity index (χ0) is 7.68. The van der Waals surface area contributed by atoms with Crippen LogP contribution in [0.5, 0.6) is 0 Å². The van der Waals surface area contributed by atoms with Crippen LogP contribution in [0.25, 0.3) is 0 Å². The minimum atomic E-state index is 0.786. The highest BCUT2D eigenvalue weighted by Crippen LogP contribution is 2.34. The second-order valence-electron chi connectivity index (χ2n) is 4.35. The summed E-state index contributed by atoms with van der Waals surface area (Å²) >= 11 is 0. The van der Waals surface area contributed by atoms with Crippen molar-refractivity contribution in [3.05, 3.63) is 0 Å². The lowest BCUT2D eigenvalue weighted by Gasteiger charge is -2.38. The van der Waals surface area contributed by atoms with E-state index in [1.54, 1.807) is 0 Å². The summed E-state index contributed by atoms with van der Waals surface area (Å²) < 4.78 is 0. The molecule has 0 spiro atoms. The highest BCUT2D eigenvalue weighted by Gasteiger charge is 2.29. The third-order valence-electron chi connectivity index (χ3n) is 3.45. The third-order valence-corrected chi connectivity index (χ3v) is 3.45. The van der Waals surface area contributed by atoms with E-state index >= 15 is 0 Å². The highest BCUT2D eigenvalue weighted by atomic mass is 14.9. The standard InChI is InChI=1S/C10H19N/c1-8-6-9-4-2-3-5-10(9)7-11-8/h8-11H,2-7H2,1H3/t8-,9+,10+/m1/s1. The predicted octanol–water partition coefficient (Wildman–Crippen LogP) is 2.17. The van der Waals surface area contributed by atoms with Gasteiger partial charge in [-0.05, 0) is 38.1 Å². The van der Waals surface area contributed by atoms with Crippen molar-refractivity contribution >= 4 is 0 Å². The SMILES string of the molecule is C[C@@H]1C[C@@H]2CCCC[C@H]2CN1. The molecule has 0 aromatic rings. The van der Waals surface area contributed by atoms with Crippen LogP contribution in [-0.4, -0.2) is 12.6 Å². The van der Waals surface area contributed by atoms with Gasteiger partial charge in [0.15, 0.2) is 0 Å². The Bertz CT molecular complexity index is 133. The summed E-state index contributed by atoms with van der Waals surface area (Å²) in [6, 6.07) is 0.786. The summed E-state index contributed by atoms with van der Waals surface area (Å²) in [4.78, 5) is 0. The Morgan fingerprint density at radius 2 is 1.82 bits per heavy atom. The molecule has 0 amide bonds. The number of rotatable bonds is 0. The van der Waals surface area contributed by atoms with Gasteiger partial charge >= 0.3 is 0 Å². The molecule has 64 valence electrons. The van der Waals surface area contributed by atoms with Crippen LogP contribution >= 0.6 is 0 Å². The molecule has 3 atom stereocenters. The van der Waals surface area contributed by atoms with E-state index in [9.17, 15) is 0 Å². The van der Waals surface area contributed by atoms with Gasteiger partial charge in [-0.25, -0.2) is 0 Å². The number of nitrogens with one attached hydrogen (secondary N) is 1. The van der Waals surface area contributed by atoms with E-state index in [0.29, 0.717) is 0 Å². The fraction of sp³-hybridized carbons (Fsp3) is 1.00. The third kappa shape index (κ3) is 1.58. The molecule has 0 unspecified atom stereocenters. The Kier molecular flexibility index (Phi) is 2.17. The first-order valence-corrected chi connectivity index (χ1v) is 5.09. The number of fused-ring (bicyclic) bond motifs is 1. The molecule has 1 N–H and O–H groups in total. The Morgan fingerprint density at radius 3 is 2.64 bits per heavy atom. The molecule has 1 nitrogen and oxygen atoms in total. The van der Waals surface area contributed by atoms with Gasteiger partial charge in [-0.1, -0.05) is 19.3 Å². The van der Waals surface area contributed by atoms with Gasteiger partial charge in [0.2, 0.25) is 0 Å². The van der Waals surface area contributed by atoms with Crippen LogP contribution < -0.4 is 5.32 Å². The zero-order valence-electron chi connectivity index (χ0n) is 7.47. The lowest BCUT2D eigenvalue weighted by molar-refractivity contribution is 0.159. The summed E-state index contributed by atoms with van der Waals surface area (Å²) in [5.74, 6) is 2.10. The highest BCUT2D eigenvalue weighted by molar-refractivity contribution is 4.84. The van der Waals surface area contributed by atoms with Crippen LogP contribution in [0.3, 0.4) is 0 Å². The molecular weight excluding hydrogens is 134 g/mol. The predicted molar refractivity (Wildman–Crippen MR) is 47.5 cm³/mol. The van der Waals surface area contributed by atoms with E-state index in [1.807, 2.05) is 0 Å². The van der Waals surface area contributed by atoms with E-state index in [-0.39, 0.29) is 0 Å². The Balaban J connectivity index is 1.93. The first-order valence-electron chi connectivity index (χ1n) is 5.09. The Hall–Kier alpha value is -0.0400. The van der Waals surface area contributed by atoms with E-state index < -0.39 is 0 Å². The topological polar surface area (TPSA) is 12.0 Å². The zero-order valence-corrected chi connectivity index (χ0v) is 7.47. The maximum atomic E-state index is 3.58. The molecule has 1 saturated heterocycles. The lowest BCUT2D eigenvalue weighted by atomic mass is 9.74. The van der Waals surface area contributed by atoms with Crippen molar-refractivity contribution in [3.8, 4) is 0 Å². The van der Waals surface area contributed by atoms with Gasteiger partial charge in [0.05, 0.1) is 0 Å².